The van der Waals surface area contributed by atoms with Crippen molar-refractivity contribution in [3.8, 4) is 5.75 Å². The maximum absolute atomic E-state index is 5.67. The van der Waals surface area contributed by atoms with Crippen LogP contribution in [0.1, 0.15) is 11.6 Å². The molecule has 0 aliphatic carbocycles. The van der Waals surface area contributed by atoms with Crippen LogP contribution in [0.4, 0.5) is 11.6 Å². The number of ether oxygens (including phenoxy) is 1. The molecule has 1 atom stereocenters. The zero-order valence-electron chi connectivity index (χ0n) is 11.4. The van der Waals surface area contributed by atoms with Gasteiger partial charge in [-0.1, -0.05) is 30.0 Å². The quantitative estimate of drug-likeness (QED) is 0.666. The summed E-state index contributed by atoms with van der Waals surface area (Å²) in [6, 6.07) is 10.1. The molecule has 6 heteroatoms. The van der Waals surface area contributed by atoms with Gasteiger partial charge >= 0.3 is 0 Å². The number of benzene rings is 1. The van der Waals surface area contributed by atoms with Gasteiger partial charge in [-0.2, -0.15) is 0 Å². The normalized spacial score (nSPS) is 16.4. The number of nitrogens with one attached hydrogen (secondary N) is 2. The minimum atomic E-state index is 0.125. The van der Waals surface area contributed by atoms with Gasteiger partial charge in [0.1, 0.15) is 24.0 Å². The third-order valence-electron chi connectivity index (χ3n) is 3.17. The van der Waals surface area contributed by atoms with E-state index in [0.29, 0.717) is 6.61 Å². The molecule has 104 valence electrons. The van der Waals surface area contributed by atoms with Gasteiger partial charge in [0.05, 0.1) is 6.04 Å². The van der Waals surface area contributed by atoms with Crippen LogP contribution >= 0.6 is 11.8 Å². The molecule has 0 amide bonds. The Morgan fingerprint density at radius 3 is 2.85 bits per heavy atom. The Hall–Kier alpha value is -1.95. The van der Waals surface area contributed by atoms with Gasteiger partial charge in [0.2, 0.25) is 0 Å². The number of nitrogens with zero attached hydrogens (tertiary/aromatic N) is 2. The summed E-state index contributed by atoms with van der Waals surface area (Å²) in [4.78, 5) is 8.84. The van der Waals surface area contributed by atoms with Crippen LogP contribution in [0.5, 0.6) is 5.75 Å². The van der Waals surface area contributed by atoms with Crippen molar-refractivity contribution in [3.63, 3.8) is 0 Å². The van der Waals surface area contributed by atoms with E-state index in [4.69, 9.17) is 4.74 Å². The predicted octanol–water partition coefficient (Wildman–Crippen LogP) is 2.79. The molecule has 1 aromatic heterocycles. The Morgan fingerprint density at radius 1 is 1.25 bits per heavy atom. The maximum Gasteiger partial charge on any atom is 0.191 e. The van der Waals surface area contributed by atoms with Crippen molar-refractivity contribution < 1.29 is 4.74 Å². The molecule has 2 aromatic rings. The summed E-state index contributed by atoms with van der Waals surface area (Å²) in [5, 5.41) is 7.21. The molecule has 0 bridgehead atoms. The van der Waals surface area contributed by atoms with Gasteiger partial charge in [0.15, 0.2) is 5.16 Å². The van der Waals surface area contributed by atoms with Gasteiger partial charge in [-0.15, -0.1) is 0 Å². The lowest BCUT2D eigenvalue weighted by Gasteiger charge is -2.13. The number of hydrogen-bond donors (Lipinski definition) is 2. The molecule has 2 N–H and O–H groups in total. The summed E-state index contributed by atoms with van der Waals surface area (Å²) in [5.74, 6) is 2.55. The first-order valence-corrected chi connectivity index (χ1v) is 7.61. The molecule has 1 aliphatic rings. The molecule has 20 heavy (non-hydrogen) atoms. The van der Waals surface area contributed by atoms with E-state index in [-0.39, 0.29) is 6.04 Å². The average molecular weight is 288 g/mol. The first kappa shape index (κ1) is 13.1. The highest BCUT2D eigenvalue weighted by atomic mass is 32.2. The fourth-order valence-corrected chi connectivity index (χ4v) is 2.56. The number of fused-ring (bicyclic) bond motifs is 1. The van der Waals surface area contributed by atoms with Crippen LogP contribution in [0.25, 0.3) is 0 Å². The van der Waals surface area contributed by atoms with Gasteiger partial charge in [0.25, 0.3) is 0 Å². The van der Waals surface area contributed by atoms with Crippen molar-refractivity contribution in [1.29, 1.82) is 0 Å². The Balaban J connectivity index is 1.85. The standard InChI is InChI=1S/C14H16N4OS/c1-15-12-7-13(18-14(17-12)20-2)16-10-8-19-11-6-4-3-5-9(10)11/h3-7,10H,8H2,1-2H3,(H2,15,16,17,18). The first-order chi connectivity index (χ1) is 9.80. The lowest BCUT2D eigenvalue weighted by molar-refractivity contribution is 0.339. The zero-order chi connectivity index (χ0) is 13.9. The molecule has 3 rings (SSSR count). The van der Waals surface area contributed by atoms with E-state index in [2.05, 4.69) is 26.7 Å². The molecule has 0 saturated heterocycles. The molecule has 0 spiro atoms. The van der Waals surface area contributed by atoms with Crippen LogP contribution in [0, 0.1) is 0 Å². The molecular formula is C14H16N4OS. The average Bonchev–Trinajstić information content (AvgIpc) is 2.90. The van der Waals surface area contributed by atoms with Crippen molar-refractivity contribution in [3.05, 3.63) is 35.9 Å². The molecule has 2 heterocycles. The highest BCUT2D eigenvalue weighted by Gasteiger charge is 2.23. The van der Waals surface area contributed by atoms with Crippen molar-refractivity contribution >= 4 is 23.4 Å². The molecule has 0 radical (unpaired) electrons. The van der Waals surface area contributed by atoms with Crippen LogP contribution in [0.2, 0.25) is 0 Å². The molecule has 0 saturated carbocycles. The summed E-state index contributed by atoms with van der Waals surface area (Å²) in [7, 11) is 1.85. The van der Waals surface area contributed by atoms with Gasteiger partial charge in [-0.25, -0.2) is 9.97 Å². The Labute approximate surface area is 122 Å². The van der Waals surface area contributed by atoms with Crippen LogP contribution in [-0.2, 0) is 0 Å². The zero-order valence-corrected chi connectivity index (χ0v) is 12.2. The smallest absolute Gasteiger partial charge is 0.191 e. The number of hydrogen-bond acceptors (Lipinski definition) is 6. The van der Waals surface area contributed by atoms with E-state index in [9.17, 15) is 0 Å². The summed E-state index contributed by atoms with van der Waals surface area (Å²) >= 11 is 1.52. The topological polar surface area (TPSA) is 59.1 Å². The van der Waals surface area contributed by atoms with E-state index in [1.165, 1.54) is 17.3 Å². The third kappa shape index (κ3) is 2.51. The SMILES string of the molecule is CNc1cc(NC2COc3ccccc32)nc(SC)n1. The Morgan fingerprint density at radius 2 is 2.05 bits per heavy atom. The lowest BCUT2D eigenvalue weighted by Crippen LogP contribution is -2.13. The second-order valence-corrected chi connectivity index (χ2v) is 5.19. The van der Waals surface area contributed by atoms with Crippen molar-refractivity contribution in [2.75, 3.05) is 30.5 Å². The fourth-order valence-electron chi connectivity index (χ4n) is 2.18. The highest BCUT2D eigenvalue weighted by molar-refractivity contribution is 7.98. The van der Waals surface area contributed by atoms with Gasteiger partial charge in [0, 0.05) is 18.7 Å². The number of rotatable bonds is 4. The monoisotopic (exact) mass is 288 g/mol. The van der Waals surface area contributed by atoms with Crippen molar-refractivity contribution in [1.82, 2.24) is 9.97 Å². The fraction of sp³-hybridized carbons (Fsp3) is 0.286. The Bertz CT molecular complexity index is 598. The number of aromatic nitrogens is 2. The van der Waals surface area contributed by atoms with Gasteiger partial charge in [-0.3, -0.25) is 0 Å². The molecule has 5 nitrogen and oxygen atoms in total. The minimum Gasteiger partial charge on any atom is -0.491 e. The largest absolute Gasteiger partial charge is 0.491 e. The van der Waals surface area contributed by atoms with Gasteiger partial charge in [-0.05, 0) is 12.3 Å². The van der Waals surface area contributed by atoms with Gasteiger partial charge < -0.3 is 15.4 Å². The van der Waals surface area contributed by atoms with Crippen molar-refractivity contribution in [2.24, 2.45) is 0 Å². The van der Waals surface area contributed by atoms with E-state index in [1.54, 1.807) is 0 Å². The molecule has 1 unspecified atom stereocenters. The maximum atomic E-state index is 5.67. The van der Waals surface area contributed by atoms with E-state index < -0.39 is 0 Å². The molecular weight excluding hydrogens is 272 g/mol. The summed E-state index contributed by atoms with van der Waals surface area (Å²) in [6.45, 7) is 0.618. The van der Waals surface area contributed by atoms with E-state index in [1.807, 2.05) is 37.6 Å². The van der Waals surface area contributed by atoms with Crippen LogP contribution in [0.15, 0.2) is 35.5 Å². The predicted molar refractivity (Wildman–Crippen MR) is 81.7 cm³/mol. The molecule has 1 aromatic carbocycles. The van der Waals surface area contributed by atoms with Crippen molar-refractivity contribution in [2.45, 2.75) is 11.2 Å². The summed E-state index contributed by atoms with van der Waals surface area (Å²) in [6.07, 6.45) is 1.96. The van der Waals surface area contributed by atoms with E-state index >= 15 is 0 Å². The summed E-state index contributed by atoms with van der Waals surface area (Å²) < 4.78 is 5.67. The van der Waals surface area contributed by atoms with Crippen LogP contribution in [0.3, 0.4) is 0 Å². The second-order valence-electron chi connectivity index (χ2n) is 4.42. The number of para-hydroxylation sites is 1. The Kier molecular flexibility index (Phi) is 3.64. The van der Waals surface area contributed by atoms with Crippen LogP contribution in [-0.4, -0.2) is 29.9 Å². The summed E-state index contributed by atoms with van der Waals surface area (Å²) in [5.41, 5.74) is 1.17. The molecule has 1 aliphatic heterocycles. The number of anilines is 2. The highest BCUT2D eigenvalue weighted by Crippen LogP contribution is 2.34. The minimum absolute atomic E-state index is 0.125. The van der Waals surface area contributed by atoms with E-state index in [0.717, 1.165) is 22.5 Å². The number of thioether (sulfide) groups is 1. The third-order valence-corrected chi connectivity index (χ3v) is 3.71. The lowest BCUT2D eigenvalue weighted by atomic mass is 10.1. The first-order valence-electron chi connectivity index (χ1n) is 6.39. The van der Waals surface area contributed by atoms with Crippen LogP contribution < -0.4 is 15.4 Å². The molecule has 0 fully saturated rings. The second kappa shape index (κ2) is 5.58.